The highest BCUT2D eigenvalue weighted by atomic mass is 16.5. The summed E-state index contributed by atoms with van der Waals surface area (Å²) < 4.78 is 10.1. The standard InChI is InChI=1S/C13H22N4O2/c1-18-8-4-7-15-13(17-14)16-10-11-5-3-6-12(9-11)19-2/h3,5-6,9H,4,7-8,10,14H2,1-2H3,(H2,15,16,17). The number of rotatable bonds is 7. The number of nitrogens with one attached hydrogen (secondary N) is 2. The molecular formula is C13H22N4O2. The fraction of sp³-hybridized carbons (Fsp3) is 0.462. The average Bonchev–Trinajstić information content (AvgIpc) is 2.47. The van der Waals surface area contributed by atoms with E-state index in [9.17, 15) is 0 Å². The van der Waals surface area contributed by atoms with Gasteiger partial charge in [0.25, 0.3) is 0 Å². The van der Waals surface area contributed by atoms with Crippen molar-refractivity contribution in [1.29, 1.82) is 0 Å². The van der Waals surface area contributed by atoms with Crippen molar-refractivity contribution >= 4 is 5.96 Å². The molecular weight excluding hydrogens is 244 g/mol. The molecule has 0 aliphatic heterocycles. The van der Waals surface area contributed by atoms with Gasteiger partial charge in [-0.2, -0.15) is 0 Å². The van der Waals surface area contributed by atoms with Gasteiger partial charge < -0.3 is 14.8 Å². The predicted molar refractivity (Wildman–Crippen MR) is 76.0 cm³/mol. The van der Waals surface area contributed by atoms with Crippen molar-refractivity contribution in [2.75, 3.05) is 27.4 Å². The fourth-order valence-electron chi connectivity index (χ4n) is 1.52. The van der Waals surface area contributed by atoms with Gasteiger partial charge in [-0.1, -0.05) is 12.1 Å². The molecule has 0 heterocycles. The third-order valence-electron chi connectivity index (χ3n) is 2.51. The Kier molecular flexibility index (Phi) is 7.38. The van der Waals surface area contributed by atoms with E-state index in [4.69, 9.17) is 15.3 Å². The number of hydrogen-bond acceptors (Lipinski definition) is 4. The van der Waals surface area contributed by atoms with Crippen LogP contribution in [0.2, 0.25) is 0 Å². The van der Waals surface area contributed by atoms with Crippen molar-refractivity contribution < 1.29 is 9.47 Å². The lowest BCUT2D eigenvalue weighted by atomic mass is 10.2. The Bertz CT molecular complexity index is 396. The zero-order chi connectivity index (χ0) is 13.9. The Morgan fingerprint density at radius 1 is 1.37 bits per heavy atom. The fourth-order valence-corrected chi connectivity index (χ4v) is 1.52. The summed E-state index contributed by atoms with van der Waals surface area (Å²) in [5.74, 6) is 6.80. The smallest absolute Gasteiger partial charge is 0.206 e. The quantitative estimate of drug-likeness (QED) is 0.222. The number of nitrogens with zero attached hydrogens (tertiary/aromatic N) is 1. The first-order valence-electron chi connectivity index (χ1n) is 6.17. The summed E-state index contributed by atoms with van der Waals surface area (Å²) in [6.07, 6.45) is 0.899. The molecule has 19 heavy (non-hydrogen) atoms. The largest absolute Gasteiger partial charge is 0.497 e. The van der Waals surface area contributed by atoms with Crippen LogP contribution in [0.1, 0.15) is 12.0 Å². The second-order valence-electron chi connectivity index (χ2n) is 3.93. The topological polar surface area (TPSA) is 80.9 Å². The van der Waals surface area contributed by atoms with Crippen molar-refractivity contribution in [3.8, 4) is 5.75 Å². The van der Waals surface area contributed by atoms with Crippen molar-refractivity contribution in [1.82, 2.24) is 10.7 Å². The number of ether oxygens (including phenoxy) is 2. The molecule has 0 aromatic heterocycles. The first kappa shape index (κ1) is 15.3. The Morgan fingerprint density at radius 3 is 2.89 bits per heavy atom. The molecule has 0 fully saturated rings. The van der Waals surface area contributed by atoms with Gasteiger partial charge in [0.15, 0.2) is 0 Å². The summed E-state index contributed by atoms with van der Waals surface area (Å²) in [6.45, 7) is 2.00. The maximum absolute atomic E-state index is 5.41. The lowest BCUT2D eigenvalue weighted by Gasteiger charge is -2.09. The molecule has 0 saturated heterocycles. The second kappa shape index (κ2) is 9.18. The molecule has 6 heteroatoms. The van der Waals surface area contributed by atoms with E-state index in [2.05, 4.69) is 15.7 Å². The van der Waals surface area contributed by atoms with Crippen LogP contribution >= 0.6 is 0 Å². The minimum absolute atomic E-state index is 0.536. The maximum atomic E-state index is 5.41. The number of methoxy groups -OCH3 is 2. The van der Waals surface area contributed by atoms with Crippen LogP contribution in [-0.4, -0.2) is 33.3 Å². The molecule has 0 aliphatic rings. The van der Waals surface area contributed by atoms with Crippen molar-refractivity contribution in [2.45, 2.75) is 13.0 Å². The molecule has 1 aromatic carbocycles. The van der Waals surface area contributed by atoms with Gasteiger partial charge in [0.05, 0.1) is 13.7 Å². The van der Waals surface area contributed by atoms with E-state index in [1.165, 1.54) is 0 Å². The van der Waals surface area contributed by atoms with Crippen LogP contribution in [0.15, 0.2) is 29.3 Å². The molecule has 6 nitrogen and oxygen atoms in total. The molecule has 1 rings (SSSR count). The summed E-state index contributed by atoms with van der Waals surface area (Å²) >= 11 is 0. The highest BCUT2D eigenvalue weighted by Gasteiger charge is 1.97. The van der Waals surface area contributed by atoms with Gasteiger partial charge >= 0.3 is 0 Å². The van der Waals surface area contributed by atoms with E-state index in [-0.39, 0.29) is 0 Å². The van der Waals surface area contributed by atoms with Gasteiger partial charge in [0.2, 0.25) is 5.96 Å². The summed E-state index contributed by atoms with van der Waals surface area (Å²) in [4.78, 5) is 4.36. The molecule has 0 saturated carbocycles. The van der Waals surface area contributed by atoms with Gasteiger partial charge in [-0.05, 0) is 24.1 Å². The maximum Gasteiger partial charge on any atom is 0.206 e. The van der Waals surface area contributed by atoms with Gasteiger partial charge in [0, 0.05) is 20.3 Å². The highest BCUT2D eigenvalue weighted by Crippen LogP contribution is 2.12. The number of guanidine groups is 1. The first-order valence-corrected chi connectivity index (χ1v) is 6.17. The zero-order valence-electron chi connectivity index (χ0n) is 11.5. The third-order valence-corrected chi connectivity index (χ3v) is 2.51. The van der Waals surface area contributed by atoms with Gasteiger partial charge in [-0.3, -0.25) is 5.43 Å². The first-order chi connectivity index (χ1) is 9.30. The van der Waals surface area contributed by atoms with E-state index in [1.54, 1.807) is 14.2 Å². The summed E-state index contributed by atoms with van der Waals surface area (Å²) in [7, 11) is 3.32. The molecule has 0 bridgehead atoms. The predicted octanol–water partition coefficient (Wildman–Crippen LogP) is 0.641. The molecule has 0 atom stereocenters. The van der Waals surface area contributed by atoms with Crippen LogP contribution in [0.4, 0.5) is 0 Å². The Hall–Kier alpha value is -1.79. The Labute approximate surface area is 114 Å². The van der Waals surface area contributed by atoms with E-state index in [0.717, 1.165) is 24.3 Å². The van der Waals surface area contributed by atoms with Crippen LogP contribution in [0.5, 0.6) is 5.75 Å². The number of hydrogen-bond donors (Lipinski definition) is 3. The molecule has 0 aliphatic carbocycles. The molecule has 4 N–H and O–H groups in total. The summed E-state index contributed by atoms with van der Waals surface area (Å²) in [5.41, 5.74) is 3.61. The second-order valence-corrected chi connectivity index (χ2v) is 3.93. The molecule has 0 spiro atoms. The minimum Gasteiger partial charge on any atom is -0.497 e. The normalized spacial score (nSPS) is 11.2. The SMILES string of the molecule is COCCCNC(=NCc1cccc(OC)c1)NN. The lowest BCUT2D eigenvalue weighted by Crippen LogP contribution is -2.42. The molecule has 106 valence electrons. The summed E-state index contributed by atoms with van der Waals surface area (Å²) in [5, 5.41) is 3.11. The van der Waals surface area contributed by atoms with Crippen LogP contribution in [0, 0.1) is 0 Å². The van der Waals surface area contributed by atoms with Crippen LogP contribution in [0.3, 0.4) is 0 Å². The average molecular weight is 266 g/mol. The van der Waals surface area contributed by atoms with E-state index in [0.29, 0.717) is 19.1 Å². The Morgan fingerprint density at radius 2 is 2.21 bits per heavy atom. The monoisotopic (exact) mass is 266 g/mol. The summed E-state index contributed by atoms with van der Waals surface area (Å²) in [6, 6.07) is 7.77. The van der Waals surface area contributed by atoms with Gasteiger partial charge in [-0.25, -0.2) is 10.8 Å². The van der Waals surface area contributed by atoms with Crippen LogP contribution < -0.4 is 21.3 Å². The van der Waals surface area contributed by atoms with Gasteiger partial charge in [0.1, 0.15) is 5.75 Å². The molecule has 0 unspecified atom stereocenters. The van der Waals surface area contributed by atoms with E-state index >= 15 is 0 Å². The molecule has 1 aromatic rings. The number of aliphatic imine (C=N–C) groups is 1. The number of benzene rings is 1. The number of hydrazine groups is 1. The van der Waals surface area contributed by atoms with Crippen molar-refractivity contribution in [3.63, 3.8) is 0 Å². The Balaban J connectivity index is 2.46. The third kappa shape index (κ3) is 6.08. The van der Waals surface area contributed by atoms with Crippen molar-refractivity contribution in [2.24, 2.45) is 10.8 Å². The van der Waals surface area contributed by atoms with Crippen LogP contribution in [-0.2, 0) is 11.3 Å². The van der Waals surface area contributed by atoms with E-state index in [1.807, 2.05) is 24.3 Å². The molecule has 0 radical (unpaired) electrons. The highest BCUT2D eigenvalue weighted by molar-refractivity contribution is 5.79. The van der Waals surface area contributed by atoms with E-state index < -0.39 is 0 Å². The van der Waals surface area contributed by atoms with Crippen LogP contribution in [0.25, 0.3) is 0 Å². The minimum atomic E-state index is 0.536. The number of nitrogens with two attached hydrogens (primary N) is 1. The van der Waals surface area contributed by atoms with Gasteiger partial charge in [-0.15, -0.1) is 0 Å². The van der Waals surface area contributed by atoms with Crippen molar-refractivity contribution in [3.05, 3.63) is 29.8 Å². The molecule has 0 amide bonds. The lowest BCUT2D eigenvalue weighted by molar-refractivity contribution is 0.195. The zero-order valence-corrected chi connectivity index (χ0v) is 11.5.